The van der Waals surface area contributed by atoms with Gasteiger partial charge in [-0.25, -0.2) is 4.98 Å². The van der Waals surface area contributed by atoms with Gasteiger partial charge in [-0.3, -0.25) is 10.1 Å². The quantitative estimate of drug-likeness (QED) is 0.649. The van der Waals surface area contributed by atoms with Gasteiger partial charge in [0.25, 0.3) is 5.69 Å². The topological polar surface area (TPSA) is 73.0 Å². The first kappa shape index (κ1) is 14.0. The van der Waals surface area contributed by atoms with E-state index in [0.717, 1.165) is 17.8 Å². The minimum Gasteiger partial charge on any atom is -0.379 e. The van der Waals surface area contributed by atoms with Crippen molar-refractivity contribution in [3.8, 4) is 0 Å². The van der Waals surface area contributed by atoms with E-state index in [0.29, 0.717) is 18.8 Å². The molecule has 6 nitrogen and oxygen atoms in total. The Kier molecular flexibility index (Phi) is 4.34. The first-order valence-corrected chi connectivity index (χ1v) is 6.67. The van der Waals surface area contributed by atoms with Crippen molar-refractivity contribution in [2.45, 2.75) is 26.8 Å². The Bertz CT molecular complexity index is 607. The van der Waals surface area contributed by atoms with Crippen LogP contribution < -0.4 is 5.32 Å². The average Bonchev–Trinajstić information content (AvgIpc) is 2.88. The van der Waals surface area contributed by atoms with Crippen molar-refractivity contribution in [2.24, 2.45) is 0 Å². The van der Waals surface area contributed by atoms with Gasteiger partial charge in [0.1, 0.15) is 11.5 Å². The number of aromatic nitrogens is 2. The highest BCUT2D eigenvalue weighted by molar-refractivity contribution is 5.66. The molecule has 0 bridgehead atoms. The van der Waals surface area contributed by atoms with Crippen LogP contribution in [0.3, 0.4) is 0 Å². The summed E-state index contributed by atoms with van der Waals surface area (Å²) in [7, 11) is 0. The van der Waals surface area contributed by atoms with E-state index in [4.69, 9.17) is 0 Å². The number of nitro groups is 1. The summed E-state index contributed by atoms with van der Waals surface area (Å²) >= 11 is 0. The lowest BCUT2D eigenvalue weighted by Crippen LogP contribution is -2.09. The van der Waals surface area contributed by atoms with Gasteiger partial charge in [0.2, 0.25) is 0 Å². The number of hydrogen-bond donors (Lipinski definition) is 1. The third-order valence-electron chi connectivity index (χ3n) is 3.14. The predicted octanol–water partition coefficient (Wildman–Crippen LogP) is 2.83. The Morgan fingerprint density at radius 2 is 2.20 bits per heavy atom. The molecule has 2 aromatic rings. The highest BCUT2D eigenvalue weighted by Gasteiger charge is 2.17. The maximum absolute atomic E-state index is 11.1. The molecule has 0 aliphatic heterocycles. The smallest absolute Gasteiger partial charge is 0.292 e. The number of aryl methyl sites for hydroxylation is 1. The fraction of sp³-hybridized carbons (Fsp3) is 0.357. The second kappa shape index (κ2) is 6.18. The normalized spacial score (nSPS) is 10.5. The minimum atomic E-state index is -0.351. The van der Waals surface area contributed by atoms with Crippen LogP contribution in [0.25, 0.3) is 0 Å². The number of nitrogens with zero attached hydrogens (tertiary/aromatic N) is 3. The number of rotatable bonds is 6. The molecule has 0 saturated carbocycles. The summed E-state index contributed by atoms with van der Waals surface area (Å²) in [5.74, 6) is 0.971. The number of nitro benzene ring substituents is 1. The zero-order chi connectivity index (χ0) is 14.5. The predicted molar refractivity (Wildman–Crippen MR) is 78.0 cm³/mol. The Balaban J connectivity index is 2.40. The lowest BCUT2D eigenvalue weighted by atomic mass is 10.1. The van der Waals surface area contributed by atoms with Gasteiger partial charge in [0.15, 0.2) is 0 Å². The van der Waals surface area contributed by atoms with Crippen LogP contribution in [0.1, 0.15) is 25.2 Å². The van der Waals surface area contributed by atoms with Crippen molar-refractivity contribution >= 4 is 11.4 Å². The SMILES string of the molecule is CCNc1c(Cn2ccnc2CC)cccc1[N+](=O)[O-]. The molecule has 0 saturated heterocycles. The summed E-state index contributed by atoms with van der Waals surface area (Å²) in [4.78, 5) is 15.0. The summed E-state index contributed by atoms with van der Waals surface area (Å²) in [6.07, 6.45) is 4.48. The summed E-state index contributed by atoms with van der Waals surface area (Å²) in [6, 6.07) is 5.15. The van der Waals surface area contributed by atoms with Crippen LogP contribution >= 0.6 is 0 Å². The molecule has 0 unspecified atom stereocenters. The summed E-state index contributed by atoms with van der Waals surface area (Å²) < 4.78 is 2.01. The Labute approximate surface area is 117 Å². The van der Waals surface area contributed by atoms with Gasteiger partial charge in [0.05, 0.1) is 11.5 Å². The van der Waals surface area contributed by atoms with E-state index in [-0.39, 0.29) is 10.6 Å². The second-order valence-corrected chi connectivity index (χ2v) is 4.42. The molecular formula is C14H18N4O2. The van der Waals surface area contributed by atoms with Gasteiger partial charge in [0, 0.05) is 37.0 Å². The molecule has 0 atom stereocenters. The Hall–Kier alpha value is -2.37. The fourth-order valence-corrected chi connectivity index (χ4v) is 2.23. The molecule has 0 aliphatic rings. The van der Waals surface area contributed by atoms with Gasteiger partial charge < -0.3 is 9.88 Å². The molecule has 0 aliphatic carbocycles. The summed E-state index contributed by atoms with van der Waals surface area (Å²) in [6.45, 7) is 5.18. The monoisotopic (exact) mass is 274 g/mol. The van der Waals surface area contributed by atoms with Crippen molar-refractivity contribution in [2.75, 3.05) is 11.9 Å². The van der Waals surface area contributed by atoms with Crippen molar-refractivity contribution < 1.29 is 4.92 Å². The van der Waals surface area contributed by atoms with Crippen LogP contribution in [0.4, 0.5) is 11.4 Å². The molecule has 2 rings (SSSR count). The number of para-hydroxylation sites is 1. The first-order valence-electron chi connectivity index (χ1n) is 6.67. The fourth-order valence-electron chi connectivity index (χ4n) is 2.23. The van der Waals surface area contributed by atoms with Crippen LogP contribution in [0.15, 0.2) is 30.6 Å². The van der Waals surface area contributed by atoms with Gasteiger partial charge in [-0.1, -0.05) is 19.1 Å². The Morgan fingerprint density at radius 3 is 2.85 bits per heavy atom. The summed E-state index contributed by atoms with van der Waals surface area (Å²) in [5, 5.41) is 14.2. The highest BCUT2D eigenvalue weighted by Crippen LogP contribution is 2.29. The number of imidazole rings is 1. The van der Waals surface area contributed by atoms with Crippen molar-refractivity contribution in [1.29, 1.82) is 0 Å². The standard InChI is InChI=1S/C14H18N4O2/c1-3-13-16-8-9-17(13)10-11-6-5-7-12(18(19)20)14(11)15-4-2/h5-9,15H,3-4,10H2,1-2H3. The van der Waals surface area contributed by atoms with E-state index in [1.54, 1.807) is 12.3 Å². The van der Waals surface area contributed by atoms with Crippen LogP contribution in [-0.4, -0.2) is 21.0 Å². The molecule has 1 heterocycles. The van der Waals surface area contributed by atoms with E-state index in [2.05, 4.69) is 10.3 Å². The van der Waals surface area contributed by atoms with Crippen LogP contribution in [0.5, 0.6) is 0 Å². The lowest BCUT2D eigenvalue weighted by Gasteiger charge is -2.13. The largest absolute Gasteiger partial charge is 0.379 e. The van der Waals surface area contributed by atoms with Crippen LogP contribution in [0.2, 0.25) is 0 Å². The van der Waals surface area contributed by atoms with Crippen LogP contribution in [-0.2, 0) is 13.0 Å². The van der Waals surface area contributed by atoms with E-state index in [9.17, 15) is 10.1 Å². The average molecular weight is 274 g/mol. The maximum atomic E-state index is 11.1. The molecule has 0 spiro atoms. The van der Waals surface area contributed by atoms with E-state index in [1.807, 2.05) is 30.7 Å². The molecule has 6 heteroatoms. The highest BCUT2D eigenvalue weighted by atomic mass is 16.6. The second-order valence-electron chi connectivity index (χ2n) is 4.42. The van der Waals surface area contributed by atoms with Gasteiger partial charge in [-0.2, -0.15) is 0 Å². The van der Waals surface area contributed by atoms with E-state index >= 15 is 0 Å². The number of nitrogens with one attached hydrogen (secondary N) is 1. The van der Waals surface area contributed by atoms with E-state index < -0.39 is 0 Å². The van der Waals surface area contributed by atoms with Gasteiger partial charge in [-0.05, 0) is 6.92 Å². The molecule has 1 aromatic heterocycles. The molecule has 106 valence electrons. The van der Waals surface area contributed by atoms with Crippen molar-refractivity contribution in [1.82, 2.24) is 9.55 Å². The zero-order valence-corrected chi connectivity index (χ0v) is 11.7. The van der Waals surface area contributed by atoms with Crippen molar-refractivity contribution in [3.63, 3.8) is 0 Å². The Morgan fingerprint density at radius 1 is 1.40 bits per heavy atom. The molecule has 0 fully saturated rings. The molecule has 0 amide bonds. The third kappa shape index (κ3) is 2.79. The van der Waals surface area contributed by atoms with E-state index in [1.165, 1.54) is 6.07 Å². The van der Waals surface area contributed by atoms with Gasteiger partial charge >= 0.3 is 0 Å². The summed E-state index contributed by atoms with van der Waals surface area (Å²) in [5.41, 5.74) is 1.60. The number of anilines is 1. The van der Waals surface area contributed by atoms with Crippen molar-refractivity contribution in [3.05, 3.63) is 52.1 Å². The first-order chi connectivity index (χ1) is 9.67. The van der Waals surface area contributed by atoms with Crippen LogP contribution in [0, 0.1) is 10.1 Å². The zero-order valence-electron chi connectivity index (χ0n) is 11.7. The molecule has 20 heavy (non-hydrogen) atoms. The molecule has 1 N–H and O–H groups in total. The lowest BCUT2D eigenvalue weighted by molar-refractivity contribution is -0.384. The maximum Gasteiger partial charge on any atom is 0.292 e. The molecule has 0 radical (unpaired) electrons. The van der Waals surface area contributed by atoms with Gasteiger partial charge in [-0.15, -0.1) is 0 Å². The third-order valence-corrected chi connectivity index (χ3v) is 3.14. The molecular weight excluding hydrogens is 256 g/mol. The number of hydrogen-bond acceptors (Lipinski definition) is 4. The molecule has 1 aromatic carbocycles. The minimum absolute atomic E-state index is 0.113. The number of benzene rings is 1.